The molecule has 1 aromatic heterocycles. The van der Waals surface area contributed by atoms with Crippen molar-refractivity contribution < 1.29 is 0 Å². The molecule has 3 rings (SSSR count). The van der Waals surface area contributed by atoms with Crippen molar-refractivity contribution in [3.63, 3.8) is 0 Å². The maximum Gasteiger partial charge on any atom is 0.204 e. The van der Waals surface area contributed by atoms with E-state index in [1.54, 1.807) is 11.3 Å². The summed E-state index contributed by atoms with van der Waals surface area (Å²) in [6.45, 7) is 7.61. The predicted octanol–water partition coefficient (Wildman–Crippen LogP) is 4.87. The highest BCUT2D eigenvalue weighted by atomic mass is 32.1. The van der Waals surface area contributed by atoms with Gasteiger partial charge in [0.05, 0.1) is 10.2 Å². The molecule has 0 bridgehead atoms. The van der Waals surface area contributed by atoms with Crippen LogP contribution in [0, 0.1) is 0 Å². The lowest BCUT2D eigenvalue weighted by Crippen LogP contribution is -2.37. The Morgan fingerprint density at radius 1 is 1.45 bits per heavy atom. The highest BCUT2D eigenvalue weighted by molar-refractivity contribution is 7.22. The Balaban J connectivity index is 1.83. The zero-order chi connectivity index (χ0) is 15.5. The first-order valence-electron chi connectivity index (χ1n) is 8.14. The van der Waals surface area contributed by atoms with Gasteiger partial charge in [-0.2, -0.15) is 5.10 Å². The molecule has 1 aliphatic heterocycles. The van der Waals surface area contributed by atoms with Gasteiger partial charge in [-0.15, -0.1) is 0 Å². The van der Waals surface area contributed by atoms with E-state index in [0.717, 1.165) is 29.3 Å². The Bertz CT molecular complexity index is 676. The van der Waals surface area contributed by atoms with Crippen molar-refractivity contribution in [2.24, 2.45) is 5.10 Å². The van der Waals surface area contributed by atoms with E-state index in [1.807, 2.05) is 6.92 Å². The van der Waals surface area contributed by atoms with E-state index in [0.29, 0.717) is 6.04 Å². The normalized spacial score (nSPS) is 19.7. The van der Waals surface area contributed by atoms with Crippen molar-refractivity contribution in [1.29, 1.82) is 0 Å². The van der Waals surface area contributed by atoms with Gasteiger partial charge in [0.15, 0.2) is 0 Å². The molecule has 118 valence electrons. The number of hydrogen-bond acceptors (Lipinski definition) is 5. The van der Waals surface area contributed by atoms with Gasteiger partial charge in [0, 0.05) is 24.0 Å². The maximum absolute atomic E-state index is 4.61. The molecule has 2 heterocycles. The molecule has 0 spiro atoms. The molecule has 1 saturated heterocycles. The first-order valence-corrected chi connectivity index (χ1v) is 8.95. The third kappa shape index (κ3) is 3.24. The van der Waals surface area contributed by atoms with Gasteiger partial charge >= 0.3 is 0 Å². The molecule has 22 heavy (non-hydrogen) atoms. The second-order valence-corrected chi connectivity index (χ2v) is 7.05. The molecule has 1 unspecified atom stereocenters. The van der Waals surface area contributed by atoms with Gasteiger partial charge in [0.25, 0.3) is 0 Å². The van der Waals surface area contributed by atoms with Crippen LogP contribution in [-0.2, 0) is 0 Å². The average Bonchev–Trinajstić information content (AvgIpc) is 2.95. The van der Waals surface area contributed by atoms with Crippen molar-refractivity contribution in [1.82, 2.24) is 4.98 Å². The second-order valence-electron chi connectivity index (χ2n) is 6.02. The number of nitrogens with one attached hydrogen (secondary N) is 1. The van der Waals surface area contributed by atoms with Crippen LogP contribution in [-0.4, -0.2) is 23.3 Å². The van der Waals surface area contributed by atoms with Crippen molar-refractivity contribution in [3.05, 3.63) is 18.2 Å². The van der Waals surface area contributed by atoms with Crippen LogP contribution >= 0.6 is 11.3 Å². The van der Waals surface area contributed by atoms with Crippen LogP contribution in [0.1, 0.15) is 46.5 Å². The molecule has 1 aromatic carbocycles. The topological polar surface area (TPSA) is 40.5 Å². The first-order chi connectivity index (χ1) is 10.7. The quantitative estimate of drug-likeness (QED) is 0.646. The Hall–Kier alpha value is -1.62. The van der Waals surface area contributed by atoms with E-state index in [1.165, 1.54) is 29.6 Å². The van der Waals surface area contributed by atoms with Gasteiger partial charge in [-0.05, 0) is 57.7 Å². The van der Waals surface area contributed by atoms with Gasteiger partial charge in [-0.25, -0.2) is 4.98 Å². The number of aromatic nitrogens is 1. The molecule has 4 nitrogen and oxygen atoms in total. The Kier molecular flexibility index (Phi) is 4.62. The summed E-state index contributed by atoms with van der Waals surface area (Å²) in [5, 5.41) is 5.20. The molecule has 2 aromatic rings. The number of nitrogens with zero attached hydrogens (tertiary/aromatic N) is 3. The fraction of sp³-hybridized carbons (Fsp3) is 0.529. The molecule has 5 heteroatoms. The summed E-state index contributed by atoms with van der Waals surface area (Å²) < 4.78 is 1.22. The Morgan fingerprint density at radius 2 is 2.32 bits per heavy atom. The van der Waals surface area contributed by atoms with Crippen LogP contribution in [0.5, 0.6) is 0 Å². The van der Waals surface area contributed by atoms with Crippen LogP contribution in [0.3, 0.4) is 0 Å². The van der Waals surface area contributed by atoms with Crippen molar-refractivity contribution >= 4 is 38.1 Å². The average molecular weight is 316 g/mol. The summed E-state index contributed by atoms with van der Waals surface area (Å²) >= 11 is 1.67. The standard InChI is InChI=1S/C17H24N4S/c1-4-12(2)19-20-17-18-15-9-8-14(11-16(15)22-17)21-10-6-5-7-13(21)3/h8-9,11,13H,4-7,10H2,1-3H3,(H,18,20)/b19-12-. The number of hydrazone groups is 1. The van der Waals surface area contributed by atoms with Crippen LogP contribution in [0.15, 0.2) is 23.3 Å². The van der Waals surface area contributed by atoms with E-state index in [9.17, 15) is 0 Å². The van der Waals surface area contributed by atoms with E-state index >= 15 is 0 Å². The van der Waals surface area contributed by atoms with Crippen molar-refractivity contribution in [2.45, 2.75) is 52.5 Å². The summed E-state index contributed by atoms with van der Waals surface area (Å²) in [5.74, 6) is 0. The maximum atomic E-state index is 4.61. The molecule has 1 fully saturated rings. The van der Waals surface area contributed by atoms with Crippen LogP contribution in [0.2, 0.25) is 0 Å². The SMILES string of the molecule is CC/C(C)=N\Nc1nc2ccc(N3CCCCC3C)cc2s1. The number of rotatable bonds is 4. The van der Waals surface area contributed by atoms with E-state index in [2.05, 4.69) is 52.5 Å². The van der Waals surface area contributed by atoms with Gasteiger partial charge in [0.1, 0.15) is 0 Å². The van der Waals surface area contributed by atoms with Crippen molar-refractivity contribution in [2.75, 3.05) is 16.9 Å². The molecule has 0 saturated carbocycles. The zero-order valence-electron chi connectivity index (χ0n) is 13.6. The van der Waals surface area contributed by atoms with Gasteiger partial charge in [-0.1, -0.05) is 18.3 Å². The highest BCUT2D eigenvalue weighted by Gasteiger charge is 2.19. The van der Waals surface area contributed by atoms with E-state index < -0.39 is 0 Å². The highest BCUT2D eigenvalue weighted by Crippen LogP contribution is 2.32. The van der Waals surface area contributed by atoms with Gasteiger partial charge in [0.2, 0.25) is 5.13 Å². The monoisotopic (exact) mass is 316 g/mol. The number of thiazole rings is 1. The largest absolute Gasteiger partial charge is 0.369 e. The van der Waals surface area contributed by atoms with E-state index in [4.69, 9.17) is 0 Å². The lowest BCUT2D eigenvalue weighted by atomic mass is 10.0. The van der Waals surface area contributed by atoms with E-state index in [-0.39, 0.29) is 0 Å². The van der Waals surface area contributed by atoms with Gasteiger partial charge in [-0.3, -0.25) is 5.43 Å². The minimum atomic E-state index is 0.633. The Morgan fingerprint density at radius 3 is 3.09 bits per heavy atom. The Labute approximate surface area is 136 Å². The fourth-order valence-corrected chi connectivity index (χ4v) is 3.69. The number of anilines is 2. The zero-order valence-corrected chi connectivity index (χ0v) is 14.4. The summed E-state index contributed by atoms with van der Waals surface area (Å²) in [5.41, 5.74) is 6.53. The second kappa shape index (κ2) is 6.65. The minimum absolute atomic E-state index is 0.633. The predicted molar refractivity (Wildman–Crippen MR) is 97.3 cm³/mol. The molecular formula is C17H24N4S. The number of benzene rings is 1. The molecule has 1 atom stereocenters. The molecule has 0 amide bonds. The first kappa shape index (κ1) is 15.3. The molecule has 1 N–H and O–H groups in total. The minimum Gasteiger partial charge on any atom is -0.369 e. The van der Waals surface area contributed by atoms with Crippen LogP contribution in [0.4, 0.5) is 10.8 Å². The fourth-order valence-electron chi connectivity index (χ4n) is 2.84. The number of hydrogen-bond donors (Lipinski definition) is 1. The van der Waals surface area contributed by atoms with Gasteiger partial charge < -0.3 is 4.90 Å². The van der Waals surface area contributed by atoms with Crippen molar-refractivity contribution in [3.8, 4) is 0 Å². The molecular weight excluding hydrogens is 292 g/mol. The smallest absolute Gasteiger partial charge is 0.204 e. The summed E-state index contributed by atoms with van der Waals surface area (Å²) in [6, 6.07) is 7.24. The third-order valence-corrected chi connectivity index (χ3v) is 5.28. The summed E-state index contributed by atoms with van der Waals surface area (Å²) in [4.78, 5) is 7.13. The summed E-state index contributed by atoms with van der Waals surface area (Å²) in [7, 11) is 0. The number of piperidine rings is 1. The number of fused-ring (bicyclic) bond motifs is 1. The third-order valence-electron chi connectivity index (χ3n) is 4.36. The summed E-state index contributed by atoms with van der Waals surface area (Å²) in [6.07, 6.45) is 4.89. The molecule has 1 aliphatic rings. The lowest BCUT2D eigenvalue weighted by Gasteiger charge is -2.35. The molecule has 0 aliphatic carbocycles. The van der Waals surface area contributed by atoms with Crippen LogP contribution < -0.4 is 10.3 Å². The lowest BCUT2D eigenvalue weighted by molar-refractivity contribution is 0.485. The molecule has 0 radical (unpaired) electrons. The van der Waals surface area contributed by atoms with Crippen LogP contribution in [0.25, 0.3) is 10.2 Å².